The molecule has 0 atom stereocenters. The topological polar surface area (TPSA) is 38.8 Å². The van der Waals surface area contributed by atoms with Crippen molar-refractivity contribution in [3.63, 3.8) is 0 Å². The quantitative estimate of drug-likeness (QED) is 0.808. The molecule has 2 aromatic rings. The van der Waals surface area contributed by atoms with Gasteiger partial charge in [0.25, 0.3) is 5.91 Å². The maximum Gasteiger partial charge on any atom is 0.257 e. The number of hydrogen-bond acceptors (Lipinski definition) is 3. The van der Waals surface area contributed by atoms with E-state index in [2.05, 4.69) is 0 Å². The summed E-state index contributed by atoms with van der Waals surface area (Å²) >= 11 is 0. The van der Waals surface area contributed by atoms with Crippen LogP contribution in [0.15, 0.2) is 36.4 Å². The van der Waals surface area contributed by atoms with E-state index in [1.165, 1.54) is 0 Å². The maximum atomic E-state index is 12.7. The zero-order valence-electron chi connectivity index (χ0n) is 14.2. The number of carbonyl (C=O) groups is 1. The molecule has 0 spiro atoms. The highest BCUT2D eigenvalue weighted by molar-refractivity contribution is 6.01. The van der Waals surface area contributed by atoms with Crippen LogP contribution in [-0.2, 0) is 6.42 Å². The first-order valence-corrected chi connectivity index (χ1v) is 7.92. The SMILES string of the molecule is COc1cc(/C=C/c2ccccc2)c2c(c1OC)C(=O)N(C)CC2. The van der Waals surface area contributed by atoms with Gasteiger partial charge in [-0.2, -0.15) is 0 Å². The molecule has 2 aromatic carbocycles. The minimum atomic E-state index is -0.0265. The molecule has 124 valence electrons. The Morgan fingerprint density at radius 2 is 1.83 bits per heavy atom. The van der Waals surface area contributed by atoms with Crippen molar-refractivity contribution in [2.75, 3.05) is 27.8 Å². The second-order valence-corrected chi connectivity index (χ2v) is 5.78. The van der Waals surface area contributed by atoms with E-state index in [0.717, 1.165) is 23.1 Å². The number of rotatable bonds is 4. The Hall–Kier alpha value is -2.75. The Bertz CT molecular complexity index is 781. The van der Waals surface area contributed by atoms with Gasteiger partial charge in [0, 0.05) is 13.6 Å². The molecule has 0 fully saturated rings. The molecule has 0 aromatic heterocycles. The first-order chi connectivity index (χ1) is 11.7. The summed E-state index contributed by atoms with van der Waals surface area (Å²) in [7, 11) is 4.97. The first-order valence-electron chi connectivity index (χ1n) is 7.92. The number of methoxy groups -OCH3 is 2. The lowest BCUT2D eigenvalue weighted by molar-refractivity contribution is 0.0776. The van der Waals surface area contributed by atoms with E-state index in [0.29, 0.717) is 23.6 Å². The molecule has 0 N–H and O–H groups in total. The summed E-state index contributed by atoms with van der Waals surface area (Å²) in [6.45, 7) is 0.702. The van der Waals surface area contributed by atoms with Gasteiger partial charge in [-0.05, 0) is 29.2 Å². The number of carbonyl (C=O) groups excluding carboxylic acids is 1. The van der Waals surface area contributed by atoms with Crippen molar-refractivity contribution in [3.05, 3.63) is 58.7 Å². The molecule has 1 amide bonds. The minimum Gasteiger partial charge on any atom is -0.493 e. The number of likely N-dealkylation sites (N-methyl/N-ethyl adjacent to an activating group) is 1. The number of benzene rings is 2. The molecule has 4 heteroatoms. The van der Waals surface area contributed by atoms with Crippen LogP contribution in [-0.4, -0.2) is 38.6 Å². The van der Waals surface area contributed by atoms with E-state index in [9.17, 15) is 4.79 Å². The summed E-state index contributed by atoms with van der Waals surface area (Å²) in [6.07, 6.45) is 4.88. The third kappa shape index (κ3) is 2.87. The average Bonchev–Trinajstić information content (AvgIpc) is 2.62. The molecule has 0 unspecified atom stereocenters. The number of amides is 1. The van der Waals surface area contributed by atoms with Crippen LogP contribution in [0.2, 0.25) is 0 Å². The standard InChI is InChI=1S/C20H21NO3/c1-21-12-11-16-15(10-9-14-7-5-4-6-8-14)13-17(23-2)19(24-3)18(16)20(21)22/h4-10,13H,11-12H2,1-3H3/b10-9+. The Balaban J connectivity index is 2.13. The predicted octanol–water partition coefficient (Wildman–Crippen LogP) is 3.50. The molecular weight excluding hydrogens is 302 g/mol. The van der Waals surface area contributed by atoms with Crippen LogP contribution in [0.3, 0.4) is 0 Å². The van der Waals surface area contributed by atoms with Crippen LogP contribution in [0.5, 0.6) is 11.5 Å². The summed E-state index contributed by atoms with van der Waals surface area (Å²) in [5.74, 6) is 1.06. The second kappa shape index (κ2) is 6.79. The van der Waals surface area contributed by atoms with Gasteiger partial charge in [0.15, 0.2) is 11.5 Å². The maximum absolute atomic E-state index is 12.7. The molecular formula is C20H21NO3. The zero-order valence-corrected chi connectivity index (χ0v) is 14.2. The molecule has 0 aliphatic carbocycles. The molecule has 3 rings (SSSR count). The zero-order chi connectivity index (χ0) is 17.1. The summed E-state index contributed by atoms with van der Waals surface area (Å²) in [5.41, 5.74) is 3.73. The minimum absolute atomic E-state index is 0.0265. The highest BCUT2D eigenvalue weighted by Crippen LogP contribution is 2.39. The van der Waals surface area contributed by atoms with Gasteiger partial charge in [0.2, 0.25) is 0 Å². The fourth-order valence-electron chi connectivity index (χ4n) is 3.02. The number of fused-ring (bicyclic) bond motifs is 1. The Morgan fingerprint density at radius 1 is 1.08 bits per heavy atom. The van der Waals surface area contributed by atoms with Crippen molar-refractivity contribution in [2.24, 2.45) is 0 Å². The van der Waals surface area contributed by atoms with Crippen LogP contribution >= 0.6 is 0 Å². The van der Waals surface area contributed by atoms with Gasteiger partial charge in [0.1, 0.15) is 0 Å². The van der Waals surface area contributed by atoms with Crippen LogP contribution in [0.4, 0.5) is 0 Å². The Labute approximate surface area is 142 Å². The van der Waals surface area contributed by atoms with Crippen molar-refractivity contribution in [1.29, 1.82) is 0 Å². The van der Waals surface area contributed by atoms with Gasteiger partial charge >= 0.3 is 0 Å². The second-order valence-electron chi connectivity index (χ2n) is 5.78. The van der Waals surface area contributed by atoms with Gasteiger partial charge in [-0.15, -0.1) is 0 Å². The Morgan fingerprint density at radius 3 is 2.50 bits per heavy atom. The number of nitrogens with zero attached hydrogens (tertiary/aromatic N) is 1. The van der Waals surface area contributed by atoms with Crippen molar-refractivity contribution in [1.82, 2.24) is 4.90 Å². The number of ether oxygens (including phenoxy) is 2. The van der Waals surface area contributed by atoms with Crippen LogP contribution in [0.25, 0.3) is 12.2 Å². The monoisotopic (exact) mass is 323 g/mol. The van der Waals surface area contributed by atoms with E-state index in [1.54, 1.807) is 19.1 Å². The van der Waals surface area contributed by atoms with Crippen LogP contribution in [0, 0.1) is 0 Å². The van der Waals surface area contributed by atoms with E-state index in [1.807, 2.05) is 55.6 Å². The van der Waals surface area contributed by atoms with E-state index < -0.39 is 0 Å². The number of hydrogen-bond donors (Lipinski definition) is 0. The Kier molecular flexibility index (Phi) is 4.56. The average molecular weight is 323 g/mol. The molecule has 0 radical (unpaired) electrons. The van der Waals surface area contributed by atoms with Gasteiger partial charge in [-0.25, -0.2) is 0 Å². The van der Waals surface area contributed by atoms with E-state index >= 15 is 0 Å². The summed E-state index contributed by atoms with van der Waals surface area (Å²) in [5, 5.41) is 0. The van der Waals surface area contributed by atoms with Gasteiger partial charge in [-0.1, -0.05) is 42.5 Å². The lowest BCUT2D eigenvalue weighted by Crippen LogP contribution is -2.35. The molecule has 0 saturated carbocycles. The van der Waals surface area contributed by atoms with E-state index in [4.69, 9.17) is 9.47 Å². The molecule has 1 heterocycles. The largest absolute Gasteiger partial charge is 0.493 e. The van der Waals surface area contributed by atoms with Crippen molar-refractivity contribution < 1.29 is 14.3 Å². The van der Waals surface area contributed by atoms with Gasteiger partial charge in [-0.3, -0.25) is 4.79 Å². The van der Waals surface area contributed by atoms with Gasteiger partial charge in [0.05, 0.1) is 19.8 Å². The molecule has 0 bridgehead atoms. The van der Waals surface area contributed by atoms with Crippen molar-refractivity contribution in [3.8, 4) is 11.5 Å². The first kappa shape index (κ1) is 16.1. The predicted molar refractivity (Wildman–Crippen MR) is 95.6 cm³/mol. The lowest BCUT2D eigenvalue weighted by atomic mass is 9.92. The summed E-state index contributed by atoms with van der Waals surface area (Å²) in [4.78, 5) is 14.4. The van der Waals surface area contributed by atoms with Gasteiger partial charge < -0.3 is 14.4 Å². The third-order valence-electron chi connectivity index (χ3n) is 4.32. The molecule has 4 nitrogen and oxygen atoms in total. The van der Waals surface area contributed by atoms with Crippen molar-refractivity contribution in [2.45, 2.75) is 6.42 Å². The highest BCUT2D eigenvalue weighted by Gasteiger charge is 2.29. The summed E-state index contributed by atoms with van der Waals surface area (Å²) in [6, 6.07) is 12.0. The molecule has 0 saturated heterocycles. The molecule has 1 aliphatic heterocycles. The van der Waals surface area contributed by atoms with Crippen molar-refractivity contribution >= 4 is 18.1 Å². The highest BCUT2D eigenvalue weighted by atomic mass is 16.5. The lowest BCUT2D eigenvalue weighted by Gasteiger charge is -2.28. The fraction of sp³-hybridized carbons (Fsp3) is 0.250. The smallest absolute Gasteiger partial charge is 0.257 e. The van der Waals surface area contributed by atoms with Crippen LogP contribution in [0.1, 0.15) is 27.0 Å². The summed E-state index contributed by atoms with van der Waals surface area (Å²) < 4.78 is 10.9. The fourth-order valence-corrected chi connectivity index (χ4v) is 3.02. The van der Waals surface area contributed by atoms with Crippen LogP contribution < -0.4 is 9.47 Å². The molecule has 24 heavy (non-hydrogen) atoms. The third-order valence-corrected chi connectivity index (χ3v) is 4.32. The normalized spacial score (nSPS) is 14.0. The van der Waals surface area contributed by atoms with E-state index in [-0.39, 0.29) is 5.91 Å². The molecule has 1 aliphatic rings.